The highest BCUT2D eigenvalue weighted by Gasteiger charge is 2.14. The third-order valence-corrected chi connectivity index (χ3v) is 4.30. The molecule has 0 aliphatic heterocycles. The molecule has 2 rings (SSSR count). The number of ether oxygens (including phenoxy) is 2. The lowest BCUT2D eigenvalue weighted by atomic mass is 10.2. The van der Waals surface area contributed by atoms with E-state index in [9.17, 15) is 4.79 Å². The maximum Gasteiger partial charge on any atom is 0.260 e. The maximum absolute atomic E-state index is 12.4. The molecule has 0 fully saturated rings. The van der Waals surface area contributed by atoms with Crippen molar-refractivity contribution in [2.45, 2.75) is 13.5 Å². The lowest BCUT2D eigenvalue weighted by Crippen LogP contribution is -2.34. The van der Waals surface area contributed by atoms with E-state index in [1.807, 2.05) is 37.3 Å². The molecule has 0 saturated heterocycles. The van der Waals surface area contributed by atoms with Gasteiger partial charge in [0, 0.05) is 17.6 Å². The fourth-order valence-corrected chi connectivity index (χ4v) is 2.88. The van der Waals surface area contributed by atoms with E-state index in [1.165, 1.54) is 0 Å². The molecule has 0 radical (unpaired) electrons. The summed E-state index contributed by atoms with van der Waals surface area (Å²) >= 11 is 9.43. The quantitative estimate of drug-likeness (QED) is 0.670. The van der Waals surface area contributed by atoms with Crippen LogP contribution in [0.25, 0.3) is 0 Å². The Kier molecular flexibility index (Phi) is 6.94. The number of nitrogens with zero attached hydrogens (tertiary/aromatic N) is 1. The van der Waals surface area contributed by atoms with Crippen LogP contribution >= 0.6 is 27.5 Å². The zero-order valence-corrected chi connectivity index (χ0v) is 15.9. The predicted molar refractivity (Wildman–Crippen MR) is 98.7 cm³/mol. The van der Waals surface area contributed by atoms with Gasteiger partial charge in [0.05, 0.1) is 12.1 Å². The van der Waals surface area contributed by atoms with Crippen molar-refractivity contribution in [3.63, 3.8) is 0 Å². The number of benzene rings is 2. The van der Waals surface area contributed by atoms with E-state index in [-0.39, 0.29) is 12.5 Å². The molecule has 2 aromatic rings. The fourth-order valence-electron chi connectivity index (χ4n) is 2.15. The molecule has 1 amide bonds. The summed E-state index contributed by atoms with van der Waals surface area (Å²) in [6, 6.07) is 12.9. The molecule has 4 nitrogen and oxygen atoms in total. The number of rotatable bonds is 7. The van der Waals surface area contributed by atoms with Gasteiger partial charge in [0.25, 0.3) is 5.91 Å². The molecule has 0 bridgehead atoms. The fraction of sp³-hybridized carbons (Fsp3) is 0.278. The van der Waals surface area contributed by atoms with E-state index < -0.39 is 0 Å². The Morgan fingerprint density at radius 3 is 2.50 bits per heavy atom. The van der Waals surface area contributed by atoms with Gasteiger partial charge < -0.3 is 14.4 Å². The molecule has 0 N–H and O–H groups in total. The minimum absolute atomic E-state index is 0.0503. The zero-order valence-electron chi connectivity index (χ0n) is 13.6. The van der Waals surface area contributed by atoms with Crippen LogP contribution in [-0.4, -0.2) is 31.1 Å². The van der Waals surface area contributed by atoms with E-state index >= 15 is 0 Å². The Morgan fingerprint density at radius 1 is 1.21 bits per heavy atom. The number of likely N-dealkylation sites (N-methyl/N-ethyl adjacent to an activating group) is 1. The van der Waals surface area contributed by atoms with Crippen molar-refractivity contribution in [1.29, 1.82) is 0 Å². The van der Waals surface area contributed by atoms with Crippen LogP contribution in [0.15, 0.2) is 46.9 Å². The molecule has 0 aliphatic carbocycles. The van der Waals surface area contributed by atoms with Crippen LogP contribution in [0.1, 0.15) is 12.5 Å². The summed E-state index contributed by atoms with van der Waals surface area (Å²) in [5.74, 6) is 1.20. The maximum atomic E-state index is 12.4. The van der Waals surface area contributed by atoms with Crippen LogP contribution in [0.2, 0.25) is 5.02 Å². The topological polar surface area (TPSA) is 38.8 Å². The number of carbonyl (C=O) groups is 1. The van der Waals surface area contributed by atoms with Crippen LogP contribution in [0.3, 0.4) is 0 Å². The first-order valence-corrected chi connectivity index (χ1v) is 8.69. The van der Waals surface area contributed by atoms with Gasteiger partial charge in [0.15, 0.2) is 6.61 Å². The predicted octanol–water partition coefficient (Wildman–Crippen LogP) is 4.54. The van der Waals surface area contributed by atoms with Crippen molar-refractivity contribution < 1.29 is 14.3 Å². The molecule has 0 aliphatic rings. The summed E-state index contributed by atoms with van der Waals surface area (Å²) in [6.45, 7) is 3.01. The average molecular weight is 413 g/mol. The van der Waals surface area contributed by atoms with Gasteiger partial charge in [-0.1, -0.05) is 39.7 Å². The van der Waals surface area contributed by atoms with E-state index in [0.29, 0.717) is 23.9 Å². The minimum atomic E-state index is -0.0905. The number of hydrogen-bond donors (Lipinski definition) is 0. The van der Waals surface area contributed by atoms with Crippen LogP contribution in [0.5, 0.6) is 11.5 Å². The van der Waals surface area contributed by atoms with E-state index in [4.69, 9.17) is 21.1 Å². The van der Waals surface area contributed by atoms with E-state index in [1.54, 1.807) is 24.1 Å². The molecule has 0 heterocycles. The van der Waals surface area contributed by atoms with Gasteiger partial charge >= 0.3 is 0 Å². The Balaban J connectivity index is 1.95. The molecule has 0 unspecified atom stereocenters. The van der Waals surface area contributed by atoms with Crippen LogP contribution < -0.4 is 9.47 Å². The second-order valence-electron chi connectivity index (χ2n) is 5.12. The van der Waals surface area contributed by atoms with E-state index in [0.717, 1.165) is 15.8 Å². The third kappa shape index (κ3) is 5.14. The van der Waals surface area contributed by atoms with Crippen molar-refractivity contribution in [1.82, 2.24) is 4.90 Å². The lowest BCUT2D eigenvalue weighted by Gasteiger charge is -2.21. The summed E-state index contributed by atoms with van der Waals surface area (Å²) in [5, 5.41) is 0.468. The largest absolute Gasteiger partial charge is 0.497 e. The Morgan fingerprint density at radius 2 is 1.92 bits per heavy atom. The first kappa shape index (κ1) is 18.6. The van der Waals surface area contributed by atoms with Crippen molar-refractivity contribution in [2.75, 3.05) is 20.3 Å². The normalized spacial score (nSPS) is 10.3. The van der Waals surface area contributed by atoms with Crippen molar-refractivity contribution in [3.8, 4) is 11.5 Å². The smallest absolute Gasteiger partial charge is 0.260 e. The molecule has 0 spiro atoms. The van der Waals surface area contributed by atoms with Crippen molar-refractivity contribution in [2.24, 2.45) is 0 Å². The second kappa shape index (κ2) is 8.94. The van der Waals surface area contributed by atoms with Gasteiger partial charge in [-0.25, -0.2) is 0 Å². The lowest BCUT2D eigenvalue weighted by molar-refractivity contribution is -0.133. The molecule has 2 aromatic carbocycles. The van der Waals surface area contributed by atoms with E-state index in [2.05, 4.69) is 15.9 Å². The zero-order chi connectivity index (χ0) is 17.5. The SMILES string of the molecule is CCN(Cc1ccc(OC)cc1)C(=O)COc1ccc(Br)cc1Cl. The van der Waals surface area contributed by atoms with Gasteiger partial charge in [-0.2, -0.15) is 0 Å². The van der Waals surface area contributed by atoms with Gasteiger partial charge in [-0.3, -0.25) is 4.79 Å². The molecule has 24 heavy (non-hydrogen) atoms. The number of hydrogen-bond acceptors (Lipinski definition) is 3. The highest BCUT2D eigenvalue weighted by molar-refractivity contribution is 9.10. The van der Waals surface area contributed by atoms with Gasteiger partial charge in [-0.05, 0) is 42.8 Å². The molecule has 0 atom stereocenters. The first-order chi connectivity index (χ1) is 11.5. The Labute approximate surface area is 155 Å². The minimum Gasteiger partial charge on any atom is -0.497 e. The number of carbonyl (C=O) groups excluding carboxylic acids is 1. The van der Waals surface area contributed by atoms with Crippen LogP contribution in [-0.2, 0) is 11.3 Å². The molecule has 6 heteroatoms. The summed E-state index contributed by atoms with van der Waals surface area (Å²) in [5.41, 5.74) is 1.03. The standard InChI is InChI=1S/C18H19BrClNO3/c1-3-21(11-13-4-7-15(23-2)8-5-13)18(22)12-24-17-9-6-14(19)10-16(17)20/h4-10H,3,11-12H2,1-2H3. The summed E-state index contributed by atoms with van der Waals surface area (Å²) < 4.78 is 11.5. The summed E-state index contributed by atoms with van der Waals surface area (Å²) in [6.07, 6.45) is 0. The molecule has 0 aromatic heterocycles. The van der Waals surface area contributed by atoms with Crippen molar-refractivity contribution >= 4 is 33.4 Å². The molecular formula is C18H19BrClNO3. The van der Waals surface area contributed by atoms with Gasteiger partial charge in [-0.15, -0.1) is 0 Å². The third-order valence-electron chi connectivity index (χ3n) is 3.51. The first-order valence-electron chi connectivity index (χ1n) is 7.52. The van der Waals surface area contributed by atoms with Crippen molar-refractivity contribution in [3.05, 3.63) is 57.5 Å². The van der Waals surface area contributed by atoms with Gasteiger partial charge in [0.1, 0.15) is 11.5 Å². The highest BCUT2D eigenvalue weighted by atomic mass is 79.9. The highest BCUT2D eigenvalue weighted by Crippen LogP contribution is 2.27. The van der Waals surface area contributed by atoms with Crippen LogP contribution in [0.4, 0.5) is 0 Å². The Hall–Kier alpha value is -1.72. The van der Waals surface area contributed by atoms with Gasteiger partial charge in [0.2, 0.25) is 0 Å². The monoisotopic (exact) mass is 411 g/mol. The molecular weight excluding hydrogens is 394 g/mol. The number of methoxy groups -OCH3 is 1. The van der Waals surface area contributed by atoms with Crippen LogP contribution in [0, 0.1) is 0 Å². The average Bonchev–Trinajstić information content (AvgIpc) is 2.59. The number of amides is 1. The Bertz CT molecular complexity index is 691. The molecule has 0 saturated carbocycles. The summed E-state index contributed by atoms with van der Waals surface area (Å²) in [4.78, 5) is 14.1. The summed E-state index contributed by atoms with van der Waals surface area (Å²) in [7, 11) is 1.63. The second-order valence-corrected chi connectivity index (χ2v) is 6.44. The number of halogens is 2. The molecule has 128 valence electrons.